The topological polar surface area (TPSA) is 71.4 Å². The van der Waals surface area contributed by atoms with E-state index in [0.717, 1.165) is 0 Å². The molecule has 0 aliphatic rings. The van der Waals surface area contributed by atoms with Gasteiger partial charge in [0.15, 0.2) is 0 Å². The molecule has 1 N–H and O–H groups in total. The van der Waals surface area contributed by atoms with E-state index in [1.165, 1.54) is 26.0 Å². The maximum absolute atomic E-state index is 13.5. The summed E-state index contributed by atoms with van der Waals surface area (Å²) in [7, 11) is -4.51. The molecular formula is C12H14F2O4S. The van der Waals surface area contributed by atoms with Crippen molar-refractivity contribution in [3.8, 4) is 0 Å². The van der Waals surface area contributed by atoms with Crippen molar-refractivity contribution in [3.63, 3.8) is 0 Å². The van der Waals surface area contributed by atoms with Crippen molar-refractivity contribution in [1.82, 2.24) is 0 Å². The van der Waals surface area contributed by atoms with Crippen LogP contribution in [0.1, 0.15) is 27.0 Å². The highest BCUT2D eigenvalue weighted by Crippen LogP contribution is 2.29. The molecule has 0 heterocycles. The third-order valence-electron chi connectivity index (χ3n) is 2.87. The molecule has 0 unspecified atom stereocenters. The third kappa shape index (κ3) is 3.28. The standard InChI is InChI=1S/C12H14F2O4S/c1-7-4-9(11(15)16)5-8(2)10(7)6-12(13,14)19(3,17)18/h4-5H,6H2,1-3H3,(H,15,16). The van der Waals surface area contributed by atoms with E-state index in [1.807, 2.05) is 0 Å². The first-order chi connectivity index (χ1) is 8.45. The largest absolute Gasteiger partial charge is 0.478 e. The Balaban J connectivity index is 3.28. The summed E-state index contributed by atoms with van der Waals surface area (Å²) in [4.78, 5) is 10.8. The van der Waals surface area contributed by atoms with Gasteiger partial charge in [0.2, 0.25) is 9.84 Å². The van der Waals surface area contributed by atoms with Gasteiger partial charge < -0.3 is 5.11 Å². The van der Waals surface area contributed by atoms with E-state index in [0.29, 0.717) is 17.4 Å². The van der Waals surface area contributed by atoms with Crippen LogP contribution in [0.4, 0.5) is 8.78 Å². The normalized spacial score (nSPS) is 12.5. The Morgan fingerprint density at radius 3 is 2.00 bits per heavy atom. The van der Waals surface area contributed by atoms with Gasteiger partial charge in [0.25, 0.3) is 0 Å². The molecule has 4 nitrogen and oxygen atoms in total. The summed E-state index contributed by atoms with van der Waals surface area (Å²) < 4.78 is 49.1. The van der Waals surface area contributed by atoms with Crippen LogP contribution in [0.2, 0.25) is 0 Å². The molecule has 0 atom stereocenters. The van der Waals surface area contributed by atoms with E-state index in [2.05, 4.69) is 0 Å². The average molecular weight is 292 g/mol. The third-order valence-corrected chi connectivity index (χ3v) is 4.10. The first-order valence-corrected chi connectivity index (χ1v) is 7.25. The first-order valence-electron chi connectivity index (χ1n) is 5.36. The van der Waals surface area contributed by atoms with Crippen LogP contribution in [0.15, 0.2) is 12.1 Å². The number of alkyl halides is 2. The molecule has 1 rings (SSSR count). The minimum atomic E-state index is -4.51. The second-order valence-electron chi connectivity index (χ2n) is 4.48. The van der Waals surface area contributed by atoms with E-state index in [-0.39, 0.29) is 11.1 Å². The molecule has 0 spiro atoms. The van der Waals surface area contributed by atoms with Crippen LogP contribution in [-0.4, -0.2) is 31.0 Å². The molecule has 0 aromatic heterocycles. The van der Waals surface area contributed by atoms with Gasteiger partial charge in [-0.15, -0.1) is 0 Å². The van der Waals surface area contributed by atoms with Crippen molar-refractivity contribution in [1.29, 1.82) is 0 Å². The molecule has 7 heteroatoms. The number of hydrogen-bond acceptors (Lipinski definition) is 3. The number of carboxylic acid groups (broad SMARTS) is 1. The lowest BCUT2D eigenvalue weighted by Gasteiger charge is -2.18. The molecule has 0 radical (unpaired) electrons. The Hall–Kier alpha value is -1.50. The van der Waals surface area contributed by atoms with Crippen LogP contribution >= 0.6 is 0 Å². The fourth-order valence-electron chi connectivity index (χ4n) is 1.73. The molecule has 19 heavy (non-hydrogen) atoms. The molecule has 0 bridgehead atoms. The van der Waals surface area contributed by atoms with E-state index < -0.39 is 27.5 Å². The number of sulfone groups is 1. The van der Waals surface area contributed by atoms with E-state index in [1.54, 1.807) is 0 Å². The Bertz CT molecular complexity index is 598. The smallest absolute Gasteiger partial charge is 0.349 e. The lowest BCUT2D eigenvalue weighted by molar-refractivity contribution is 0.0696. The number of halogens is 2. The van der Waals surface area contributed by atoms with Crippen molar-refractivity contribution in [2.45, 2.75) is 25.5 Å². The highest BCUT2D eigenvalue weighted by molar-refractivity contribution is 7.91. The van der Waals surface area contributed by atoms with Crippen LogP contribution in [-0.2, 0) is 16.3 Å². The van der Waals surface area contributed by atoms with Crippen LogP contribution in [0, 0.1) is 13.8 Å². The maximum Gasteiger partial charge on any atom is 0.349 e. The first kappa shape index (κ1) is 15.6. The van der Waals surface area contributed by atoms with Crippen LogP contribution in [0.3, 0.4) is 0 Å². The number of hydrogen-bond donors (Lipinski definition) is 1. The van der Waals surface area contributed by atoms with Gasteiger partial charge in [-0.25, -0.2) is 13.2 Å². The highest BCUT2D eigenvalue weighted by Gasteiger charge is 2.42. The van der Waals surface area contributed by atoms with Crippen molar-refractivity contribution in [2.75, 3.05) is 6.26 Å². The molecule has 1 aromatic rings. The van der Waals surface area contributed by atoms with Crippen molar-refractivity contribution < 1.29 is 27.1 Å². The number of aryl methyl sites for hydroxylation is 2. The van der Waals surface area contributed by atoms with Gasteiger partial charge in [0.1, 0.15) is 0 Å². The van der Waals surface area contributed by atoms with Crippen molar-refractivity contribution in [2.24, 2.45) is 0 Å². The molecular weight excluding hydrogens is 278 g/mol. The SMILES string of the molecule is Cc1cc(C(=O)O)cc(C)c1CC(F)(F)S(C)(=O)=O. The van der Waals surface area contributed by atoms with Gasteiger partial charge in [-0.1, -0.05) is 0 Å². The number of carboxylic acids is 1. The quantitative estimate of drug-likeness (QED) is 0.923. The molecule has 106 valence electrons. The second-order valence-corrected chi connectivity index (χ2v) is 6.62. The summed E-state index contributed by atoms with van der Waals surface area (Å²) in [5.74, 6) is -1.16. The molecule has 0 amide bonds. The fourth-order valence-corrected chi connectivity index (χ4v) is 2.14. The average Bonchev–Trinajstić information content (AvgIpc) is 2.21. The van der Waals surface area contributed by atoms with Crippen molar-refractivity contribution in [3.05, 3.63) is 34.4 Å². The van der Waals surface area contributed by atoms with Gasteiger partial charge >= 0.3 is 11.2 Å². The Morgan fingerprint density at radius 2 is 1.68 bits per heavy atom. The van der Waals surface area contributed by atoms with Gasteiger partial charge in [-0.05, 0) is 42.7 Å². The molecule has 0 saturated carbocycles. The second kappa shape index (κ2) is 4.88. The van der Waals surface area contributed by atoms with Crippen LogP contribution < -0.4 is 0 Å². The van der Waals surface area contributed by atoms with Gasteiger partial charge in [0, 0.05) is 6.26 Å². The molecule has 1 aromatic carbocycles. The lowest BCUT2D eigenvalue weighted by Crippen LogP contribution is -2.30. The number of benzene rings is 1. The minimum absolute atomic E-state index is 0.0126. The maximum atomic E-state index is 13.5. The zero-order valence-electron chi connectivity index (χ0n) is 10.7. The minimum Gasteiger partial charge on any atom is -0.478 e. The summed E-state index contributed by atoms with van der Waals surface area (Å²) in [6.45, 7) is 2.96. The molecule has 0 aliphatic heterocycles. The van der Waals surface area contributed by atoms with Crippen LogP contribution in [0.25, 0.3) is 0 Å². The number of aromatic carboxylic acids is 1. The Morgan fingerprint density at radius 1 is 1.26 bits per heavy atom. The number of rotatable bonds is 4. The highest BCUT2D eigenvalue weighted by atomic mass is 32.2. The number of carbonyl (C=O) groups is 1. The van der Waals surface area contributed by atoms with Gasteiger partial charge in [0.05, 0.1) is 12.0 Å². The van der Waals surface area contributed by atoms with Crippen LogP contribution in [0.5, 0.6) is 0 Å². The molecule has 0 fully saturated rings. The van der Waals surface area contributed by atoms with Gasteiger partial charge in [-0.2, -0.15) is 8.78 Å². The molecule has 0 aliphatic carbocycles. The van der Waals surface area contributed by atoms with E-state index in [9.17, 15) is 22.0 Å². The summed E-state index contributed by atoms with van der Waals surface area (Å²) in [5, 5.41) is 4.97. The summed E-state index contributed by atoms with van der Waals surface area (Å²) in [6.07, 6.45) is -0.479. The predicted molar refractivity (Wildman–Crippen MR) is 66.4 cm³/mol. The van der Waals surface area contributed by atoms with Crippen molar-refractivity contribution >= 4 is 15.8 Å². The monoisotopic (exact) mass is 292 g/mol. The molecule has 0 saturated heterocycles. The van der Waals surface area contributed by atoms with E-state index in [4.69, 9.17) is 5.11 Å². The lowest BCUT2D eigenvalue weighted by atomic mass is 9.97. The summed E-state index contributed by atoms with van der Waals surface area (Å²) in [6, 6.07) is 2.51. The van der Waals surface area contributed by atoms with E-state index >= 15 is 0 Å². The van der Waals surface area contributed by atoms with Gasteiger partial charge in [-0.3, -0.25) is 0 Å². The predicted octanol–water partition coefficient (Wildman–Crippen LogP) is 2.18. The fraction of sp³-hybridized carbons (Fsp3) is 0.417. The summed E-state index contributed by atoms with van der Waals surface area (Å²) >= 11 is 0. The zero-order chi connectivity index (χ0) is 15.0. The zero-order valence-corrected chi connectivity index (χ0v) is 11.5. The Kier molecular flexibility index (Phi) is 4.00. The Labute approximate surface area is 110 Å². The summed E-state index contributed by atoms with van der Waals surface area (Å²) in [5.41, 5.74) is 0.809.